The van der Waals surface area contributed by atoms with Crippen LogP contribution < -0.4 is 4.72 Å². The number of halogens is 2. The molecule has 1 aromatic carbocycles. The lowest BCUT2D eigenvalue weighted by Crippen LogP contribution is -2.42. The zero-order chi connectivity index (χ0) is 14.8. The maximum Gasteiger partial charge on any atom is 0.243 e. The third-order valence-electron chi connectivity index (χ3n) is 3.47. The van der Waals surface area contributed by atoms with Crippen LogP contribution in [0.25, 0.3) is 0 Å². The summed E-state index contributed by atoms with van der Waals surface area (Å²) in [5.74, 6) is -1.98. The Labute approximate surface area is 116 Å². The van der Waals surface area contributed by atoms with Crippen LogP contribution in [0.2, 0.25) is 0 Å². The molecule has 1 aliphatic carbocycles. The quantitative estimate of drug-likeness (QED) is 0.839. The van der Waals surface area contributed by atoms with Crippen molar-refractivity contribution in [3.8, 4) is 0 Å². The molecule has 1 aromatic rings. The van der Waals surface area contributed by atoms with Gasteiger partial charge in [0, 0.05) is 12.1 Å². The Morgan fingerprint density at radius 3 is 2.55 bits per heavy atom. The van der Waals surface area contributed by atoms with E-state index >= 15 is 0 Å². The molecule has 1 fully saturated rings. The highest BCUT2D eigenvalue weighted by Crippen LogP contribution is 2.21. The lowest BCUT2D eigenvalue weighted by Gasteiger charge is -2.21. The van der Waals surface area contributed by atoms with Gasteiger partial charge in [-0.25, -0.2) is 21.9 Å². The van der Waals surface area contributed by atoms with Crippen molar-refractivity contribution in [2.24, 2.45) is 0 Å². The summed E-state index contributed by atoms with van der Waals surface area (Å²) < 4.78 is 52.9. The first-order valence-corrected chi connectivity index (χ1v) is 8.04. The van der Waals surface area contributed by atoms with Crippen LogP contribution in [0.15, 0.2) is 23.1 Å². The first kappa shape index (κ1) is 15.3. The molecule has 2 unspecified atom stereocenters. The molecule has 0 saturated heterocycles. The third kappa shape index (κ3) is 3.53. The van der Waals surface area contributed by atoms with Crippen molar-refractivity contribution in [3.05, 3.63) is 29.8 Å². The molecule has 0 radical (unpaired) electrons. The SMILES string of the molecule is O=S(=O)(NC1CCCCCC1O)c1ccc(F)cc1F. The van der Waals surface area contributed by atoms with Crippen LogP contribution in [0.5, 0.6) is 0 Å². The molecule has 1 saturated carbocycles. The predicted molar refractivity (Wildman–Crippen MR) is 69.6 cm³/mol. The average Bonchev–Trinajstić information content (AvgIpc) is 2.54. The van der Waals surface area contributed by atoms with Crippen LogP contribution in [0, 0.1) is 11.6 Å². The highest BCUT2D eigenvalue weighted by atomic mass is 32.2. The van der Waals surface area contributed by atoms with Gasteiger partial charge in [0.1, 0.15) is 16.5 Å². The standard InChI is InChI=1S/C13H17F2NO3S/c14-9-6-7-13(10(15)8-9)20(18,19)16-11-4-2-1-3-5-12(11)17/h6-8,11-12,16-17H,1-5H2. The van der Waals surface area contributed by atoms with Gasteiger partial charge in [-0.1, -0.05) is 19.3 Å². The van der Waals surface area contributed by atoms with Gasteiger partial charge in [0.15, 0.2) is 0 Å². The smallest absolute Gasteiger partial charge is 0.243 e. The van der Waals surface area contributed by atoms with Crippen LogP contribution >= 0.6 is 0 Å². The van der Waals surface area contributed by atoms with Crippen LogP contribution in [0.3, 0.4) is 0 Å². The van der Waals surface area contributed by atoms with E-state index < -0.39 is 38.7 Å². The number of aliphatic hydroxyl groups excluding tert-OH is 1. The predicted octanol–water partition coefficient (Wildman–Crippen LogP) is 1.94. The lowest BCUT2D eigenvalue weighted by atomic mass is 10.1. The summed E-state index contributed by atoms with van der Waals surface area (Å²) in [5, 5.41) is 9.89. The van der Waals surface area contributed by atoms with Crippen molar-refractivity contribution in [1.29, 1.82) is 0 Å². The number of sulfonamides is 1. The Morgan fingerprint density at radius 1 is 1.15 bits per heavy atom. The Hall–Kier alpha value is -1.05. The Kier molecular flexibility index (Phi) is 4.72. The molecule has 2 N–H and O–H groups in total. The van der Waals surface area contributed by atoms with Crippen LogP contribution in [0.1, 0.15) is 32.1 Å². The largest absolute Gasteiger partial charge is 0.391 e. The van der Waals surface area contributed by atoms with E-state index in [0.717, 1.165) is 31.4 Å². The summed E-state index contributed by atoms with van der Waals surface area (Å²) in [5.41, 5.74) is 0. The van der Waals surface area contributed by atoms with Crippen molar-refractivity contribution in [1.82, 2.24) is 4.72 Å². The summed E-state index contributed by atoms with van der Waals surface area (Å²) in [4.78, 5) is -0.602. The molecule has 20 heavy (non-hydrogen) atoms. The molecule has 0 bridgehead atoms. The third-order valence-corrected chi connectivity index (χ3v) is 4.99. The second-order valence-electron chi connectivity index (χ2n) is 5.01. The van der Waals surface area contributed by atoms with E-state index in [4.69, 9.17) is 0 Å². The van der Waals surface area contributed by atoms with E-state index in [0.29, 0.717) is 18.9 Å². The maximum absolute atomic E-state index is 13.6. The molecule has 112 valence electrons. The molecule has 1 aliphatic rings. The Balaban J connectivity index is 2.21. The van der Waals surface area contributed by atoms with E-state index in [-0.39, 0.29) is 0 Å². The molecular formula is C13H17F2NO3S. The molecular weight excluding hydrogens is 288 g/mol. The molecule has 0 aliphatic heterocycles. The highest BCUT2D eigenvalue weighted by Gasteiger charge is 2.28. The van der Waals surface area contributed by atoms with Gasteiger partial charge in [-0.15, -0.1) is 0 Å². The van der Waals surface area contributed by atoms with Crippen molar-refractivity contribution in [3.63, 3.8) is 0 Å². The van der Waals surface area contributed by atoms with Gasteiger partial charge in [-0.2, -0.15) is 0 Å². The zero-order valence-electron chi connectivity index (χ0n) is 10.9. The second-order valence-corrected chi connectivity index (χ2v) is 6.69. The number of hydrogen-bond acceptors (Lipinski definition) is 3. The van der Waals surface area contributed by atoms with Crippen LogP contribution in [0.4, 0.5) is 8.78 Å². The van der Waals surface area contributed by atoms with Crippen LogP contribution in [-0.2, 0) is 10.0 Å². The van der Waals surface area contributed by atoms with Gasteiger partial charge in [0.2, 0.25) is 10.0 Å². The minimum Gasteiger partial charge on any atom is -0.391 e. The van der Waals surface area contributed by atoms with Gasteiger partial charge in [0.05, 0.1) is 6.10 Å². The summed E-state index contributed by atoms with van der Waals surface area (Å²) in [6.45, 7) is 0. The number of hydrogen-bond donors (Lipinski definition) is 2. The summed E-state index contributed by atoms with van der Waals surface area (Å²) in [6, 6.07) is 1.67. The summed E-state index contributed by atoms with van der Waals surface area (Å²) >= 11 is 0. The average molecular weight is 305 g/mol. The van der Waals surface area contributed by atoms with Gasteiger partial charge >= 0.3 is 0 Å². The first-order valence-electron chi connectivity index (χ1n) is 6.55. The van der Waals surface area contributed by atoms with E-state index in [2.05, 4.69) is 4.72 Å². The Morgan fingerprint density at radius 2 is 1.85 bits per heavy atom. The second kappa shape index (κ2) is 6.15. The van der Waals surface area contributed by atoms with E-state index in [1.54, 1.807) is 0 Å². The van der Waals surface area contributed by atoms with Crippen molar-refractivity contribution >= 4 is 10.0 Å². The molecule has 2 rings (SSSR count). The van der Waals surface area contributed by atoms with Crippen molar-refractivity contribution in [2.45, 2.75) is 49.1 Å². The van der Waals surface area contributed by atoms with E-state index in [1.165, 1.54) is 0 Å². The fourth-order valence-electron chi connectivity index (χ4n) is 2.38. The maximum atomic E-state index is 13.6. The molecule has 0 aromatic heterocycles. The molecule has 0 heterocycles. The molecule has 0 spiro atoms. The number of rotatable bonds is 3. The number of benzene rings is 1. The monoisotopic (exact) mass is 305 g/mol. The minimum absolute atomic E-state index is 0.503. The van der Waals surface area contributed by atoms with Gasteiger partial charge in [0.25, 0.3) is 0 Å². The Bertz CT molecular complexity index is 577. The summed E-state index contributed by atoms with van der Waals surface area (Å²) in [6.07, 6.45) is 2.80. The van der Waals surface area contributed by atoms with Crippen molar-refractivity contribution < 1.29 is 22.3 Å². The lowest BCUT2D eigenvalue weighted by molar-refractivity contribution is 0.130. The normalized spacial score (nSPS) is 24.4. The first-order chi connectivity index (χ1) is 9.40. The minimum atomic E-state index is -4.11. The molecule has 4 nitrogen and oxygen atoms in total. The van der Waals surface area contributed by atoms with Gasteiger partial charge in [-0.3, -0.25) is 0 Å². The number of aliphatic hydroxyl groups is 1. The molecule has 7 heteroatoms. The molecule has 2 atom stereocenters. The zero-order valence-corrected chi connectivity index (χ0v) is 11.7. The molecule has 0 amide bonds. The van der Waals surface area contributed by atoms with E-state index in [1.807, 2.05) is 0 Å². The van der Waals surface area contributed by atoms with E-state index in [9.17, 15) is 22.3 Å². The van der Waals surface area contributed by atoms with Crippen molar-refractivity contribution in [2.75, 3.05) is 0 Å². The van der Waals surface area contributed by atoms with Gasteiger partial charge < -0.3 is 5.11 Å². The fraction of sp³-hybridized carbons (Fsp3) is 0.538. The topological polar surface area (TPSA) is 66.4 Å². The van der Waals surface area contributed by atoms with Crippen LogP contribution in [-0.4, -0.2) is 25.7 Å². The number of nitrogens with one attached hydrogen (secondary N) is 1. The highest BCUT2D eigenvalue weighted by molar-refractivity contribution is 7.89. The fourth-order valence-corrected chi connectivity index (χ4v) is 3.74. The van der Waals surface area contributed by atoms with Gasteiger partial charge in [-0.05, 0) is 25.0 Å². The summed E-state index contributed by atoms with van der Waals surface area (Å²) in [7, 11) is -4.11.